The van der Waals surface area contributed by atoms with Crippen molar-refractivity contribution in [2.75, 3.05) is 23.3 Å². The summed E-state index contributed by atoms with van der Waals surface area (Å²) >= 11 is 0. The molecular formula is C21H27N3O. The third kappa shape index (κ3) is 4.38. The molecule has 1 N–H and O–H groups in total. The summed E-state index contributed by atoms with van der Waals surface area (Å²) in [5.74, 6) is 1.05. The van der Waals surface area contributed by atoms with Crippen LogP contribution in [-0.4, -0.2) is 24.0 Å². The fourth-order valence-electron chi connectivity index (χ4n) is 3.25. The van der Waals surface area contributed by atoms with Crippen LogP contribution in [0.25, 0.3) is 0 Å². The number of amides is 1. The smallest absolute Gasteiger partial charge is 0.229 e. The molecule has 4 nitrogen and oxygen atoms in total. The van der Waals surface area contributed by atoms with Crippen LogP contribution in [0, 0.1) is 5.92 Å². The van der Waals surface area contributed by atoms with Crippen molar-refractivity contribution in [1.29, 1.82) is 0 Å². The van der Waals surface area contributed by atoms with Crippen molar-refractivity contribution in [1.82, 2.24) is 4.98 Å². The molecule has 1 aliphatic rings. The van der Waals surface area contributed by atoms with E-state index in [0.717, 1.165) is 37.4 Å². The first-order valence-corrected chi connectivity index (χ1v) is 9.01. The predicted molar refractivity (Wildman–Crippen MR) is 103 cm³/mol. The molecule has 0 aliphatic carbocycles. The highest BCUT2D eigenvalue weighted by Gasteiger charge is 2.26. The van der Waals surface area contributed by atoms with Gasteiger partial charge in [-0.05, 0) is 48.1 Å². The van der Waals surface area contributed by atoms with E-state index < -0.39 is 0 Å². The first-order valence-electron chi connectivity index (χ1n) is 9.01. The van der Waals surface area contributed by atoms with E-state index in [1.54, 1.807) is 6.20 Å². The average Bonchev–Trinajstić information content (AvgIpc) is 2.62. The molecule has 2 heterocycles. The number of nitrogens with zero attached hydrogens (tertiary/aromatic N) is 2. The summed E-state index contributed by atoms with van der Waals surface area (Å²) in [6, 6.07) is 14.1. The highest BCUT2D eigenvalue weighted by Crippen LogP contribution is 2.26. The number of rotatable bonds is 3. The van der Waals surface area contributed by atoms with Gasteiger partial charge in [0.1, 0.15) is 5.82 Å². The Kier molecular flexibility index (Phi) is 5.07. The number of benzene rings is 1. The Morgan fingerprint density at radius 3 is 2.76 bits per heavy atom. The van der Waals surface area contributed by atoms with Gasteiger partial charge in [-0.15, -0.1) is 0 Å². The Labute approximate surface area is 150 Å². The van der Waals surface area contributed by atoms with Crippen LogP contribution in [0.2, 0.25) is 0 Å². The van der Waals surface area contributed by atoms with Crippen molar-refractivity contribution in [2.24, 2.45) is 5.92 Å². The number of pyridine rings is 1. The van der Waals surface area contributed by atoms with Crippen LogP contribution in [0.15, 0.2) is 48.7 Å². The standard InChI is InChI=1S/C21H27N3O/c1-21(2,3)17-9-6-10-18(14-17)23-20(25)16-8-7-13-24(15-16)19-11-4-5-12-22-19/h4-6,9-12,14,16H,7-8,13,15H2,1-3H3,(H,23,25). The van der Waals surface area contributed by atoms with Gasteiger partial charge in [0.05, 0.1) is 5.92 Å². The van der Waals surface area contributed by atoms with Crippen molar-refractivity contribution in [3.05, 3.63) is 54.2 Å². The van der Waals surface area contributed by atoms with Gasteiger partial charge >= 0.3 is 0 Å². The van der Waals surface area contributed by atoms with Crippen LogP contribution in [-0.2, 0) is 10.2 Å². The normalized spacial score (nSPS) is 18.0. The summed E-state index contributed by atoms with van der Waals surface area (Å²) in [5, 5.41) is 3.11. The lowest BCUT2D eigenvalue weighted by molar-refractivity contribution is -0.120. The molecule has 1 unspecified atom stereocenters. The quantitative estimate of drug-likeness (QED) is 0.911. The van der Waals surface area contributed by atoms with E-state index in [4.69, 9.17) is 0 Å². The molecule has 1 aromatic heterocycles. The fraction of sp³-hybridized carbons (Fsp3) is 0.429. The Hall–Kier alpha value is -2.36. The van der Waals surface area contributed by atoms with Crippen LogP contribution >= 0.6 is 0 Å². The minimum atomic E-state index is -0.00551. The second-order valence-electron chi connectivity index (χ2n) is 7.79. The third-order valence-corrected chi connectivity index (χ3v) is 4.76. The van der Waals surface area contributed by atoms with Crippen molar-refractivity contribution < 1.29 is 4.79 Å². The molecular weight excluding hydrogens is 310 g/mol. The van der Waals surface area contributed by atoms with Gasteiger partial charge in [0.2, 0.25) is 5.91 Å². The Bertz CT molecular complexity index is 721. The average molecular weight is 337 g/mol. The van der Waals surface area contributed by atoms with Crippen LogP contribution < -0.4 is 10.2 Å². The fourth-order valence-corrected chi connectivity index (χ4v) is 3.25. The van der Waals surface area contributed by atoms with E-state index in [2.05, 4.69) is 48.1 Å². The zero-order valence-corrected chi connectivity index (χ0v) is 15.3. The monoisotopic (exact) mass is 337 g/mol. The highest BCUT2D eigenvalue weighted by molar-refractivity contribution is 5.93. The number of hydrogen-bond donors (Lipinski definition) is 1. The van der Waals surface area contributed by atoms with E-state index in [-0.39, 0.29) is 17.2 Å². The van der Waals surface area contributed by atoms with Crippen molar-refractivity contribution >= 4 is 17.4 Å². The summed E-state index contributed by atoms with van der Waals surface area (Å²) in [5.41, 5.74) is 2.18. The van der Waals surface area contributed by atoms with E-state index in [0.29, 0.717) is 0 Å². The molecule has 4 heteroatoms. The molecule has 0 radical (unpaired) electrons. The topological polar surface area (TPSA) is 45.2 Å². The number of piperidine rings is 1. The summed E-state index contributed by atoms with van der Waals surface area (Å²) in [6.45, 7) is 8.22. The third-order valence-electron chi connectivity index (χ3n) is 4.76. The molecule has 1 atom stereocenters. The molecule has 1 fully saturated rings. The van der Waals surface area contributed by atoms with E-state index in [1.807, 2.05) is 30.3 Å². The summed E-state index contributed by atoms with van der Waals surface area (Å²) < 4.78 is 0. The molecule has 0 bridgehead atoms. The molecule has 1 aromatic carbocycles. The molecule has 132 valence electrons. The maximum absolute atomic E-state index is 12.7. The largest absolute Gasteiger partial charge is 0.356 e. The zero-order chi connectivity index (χ0) is 17.9. The second kappa shape index (κ2) is 7.26. The van der Waals surface area contributed by atoms with Crippen LogP contribution in [0.1, 0.15) is 39.2 Å². The van der Waals surface area contributed by atoms with Gasteiger partial charge in [0, 0.05) is 25.0 Å². The van der Waals surface area contributed by atoms with Crippen molar-refractivity contribution in [3.63, 3.8) is 0 Å². The van der Waals surface area contributed by atoms with Gasteiger partial charge < -0.3 is 10.2 Å². The van der Waals surface area contributed by atoms with Crippen LogP contribution in [0.5, 0.6) is 0 Å². The lowest BCUT2D eigenvalue weighted by Crippen LogP contribution is -2.41. The Balaban J connectivity index is 1.67. The number of nitrogens with one attached hydrogen (secondary N) is 1. The van der Waals surface area contributed by atoms with Crippen LogP contribution in [0.3, 0.4) is 0 Å². The van der Waals surface area contributed by atoms with Gasteiger partial charge in [-0.3, -0.25) is 4.79 Å². The molecule has 3 rings (SSSR count). The Morgan fingerprint density at radius 1 is 1.20 bits per heavy atom. The van der Waals surface area contributed by atoms with Crippen molar-refractivity contribution in [2.45, 2.75) is 39.0 Å². The first kappa shape index (κ1) is 17.5. The van der Waals surface area contributed by atoms with E-state index in [9.17, 15) is 4.79 Å². The molecule has 0 spiro atoms. The molecule has 25 heavy (non-hydrogen) atoms. The van der Waals surface area contributed by atoms with Gasteiger partial charge in [-0.2, -0.15) is 0 Å². The molecule has 1 saturated heterocycles. The number of aromatic nitrogens is 1. The molecule has 1 aliphatic heterocycles. The SMILES string of the molecule is CC(C)(C)c1cccc(NC(=O)C2CCCN(c3ccccn3)C2)c1. The maximum atomic E-state index is 12.7. The Morgan fingerprint density at radius 2 is 2.04 bits per heavy atom. The predicted octanol–water partition coefficient (Wildman–Crippen LogP) is 4.23. The van der Waals surface area contributed by atoms with Gasteiger partial charge in [0.25, 0.3) is 0 Å². The van der Waals surface area contributed by atoms with Crippen molar-refractivity contribution in [3.8, 4) is 0 Å². The molecule has 1 amide bonds. The van der Waals surface area contributed by atoms with Gasteiger partial charge in [-0.25, -0.2) is 4.98 Å². The maximum Gasteiger partial charge on any atom is 0.229 e. The number of anilines is 2. The minimum Gasteiger partial charge on any atom is -0.356 e. The van der Waals surface area contributed by atoms with Crippen LogP contribution in [0.4, 0.5) is 11.5 Å². The number of carbonyl (C=O) groups excluding carboxylic acids is 1. The number of hydrogen-bond acceptors (Lipinski definition) is 3. The van der Waals surface area contributed by atoms with Gasteiger partial charge in [0.15, 0.2) is 0 Å². The highest BCUT2D eigenvalue weighted by atomic mass is 16.1. The molecule has 0 saturated carbocycles. The lowest BCUT2D eigenvalue weighted by atomic mass is 9.87. The molecule has 2 aromatic rings. The summed E-state index contributed by atoms with van der Waals surface area (Å²) in [6.07, 6.45) is 3.74. The zero-order valence-electron chi connectivity index (χ0n) is 15.3. The summed E-state index contributed by atoms with van der Waals surface area (Å²) in [4.78, 5) is 19.4. The van der Waals surface area contributed by atoms with E-state index in [1.165, 1.54) is 5.56 Å². The lowest BCUT2D eigenvalue weighted by Gasteiger charge is -2.32. The summed E-state index contributed by atoms with van der Waals surface area (Å²) in [7, 11) is 0. The minimum absolute atomic E-state index is 0.00551. The second-order valence-corrected chi connectivity index (χ2v) is 7.79. The van der Waals surface area contributed by atoms with E-state index >= 15 is 0 Å². The first-order chi connectivity index (χ1) is 11.9. The number of carbonyl (C=O) groups is 1. The van der Waals surface area contributed by atoms with Gasteiger partial charge in [-0.1, -0.05) is 39.0 Å².